The van der Waals surface area contributed by atoms with Gasteiger partial charge < -0.3 is 20.5 Å². The molecule has 0 aliphatic carbocycles. The number of ether oxygens (including phenoxy) is 2. The van der Waals surface area contributed by atoms with Crippen molar-refractivity contribution in [2.24, 2.45) is 10.7 Å². The average Bonchev–Trinajstić information content (AvgIpc) is 2.73. The summed E-state index contributed by atoms with van der Waals surface area (Å²) in [5, 5.41) is 3.00. The first-order valence-corrected chi connectivity index (χ1v) is 5.26. The van der Waals surface area contributed by atoms with Gasteiger partial charge in [-0.3, -0.25) is 4.99 Å². The van der Waals surface area contributed by atoms with Crippen molar-refractivity contribution in [2.45, 2.75) is 13.3 Å². The third kappa shape index (κ3) is 2.36. The maximum atomic E-state index is 5.70. The molecule has 0 aromatic heterocycles. The number of nitrogens with two attached hydrogens (primary N) is 1. The number of anilines is 1. The zero-order valence-electron chi connectivity index (χ0n) is 9.19. The summed E-state index contributed by atoms with van der Waals surface area (Å²) in [6, 6.07) is 5.57. The molecule has 1 aromatic rings. The van der Waals surface area contributed by atoms with Gasteiger partial charge in [0, 0.05) is 18.3 Å². The van der Waals surface area contributed by atoms with E-state index in [1.807, 2.05) is 18.2 Å². The molecule has 86 valence electrons. The molecule has 1 aliphatic rings. The second-order valence-electron chi connectivity index (χ2n) is 3.46. The molecule has 0 atom stereocenters. The van der Waals surface area contributed by atoms with Crippen molar-refractivity contribution < 1.29 is 9.47 Å². The number of benzene rings is 1. The lowest BCUT2D eigenvalue weighted by atomic mass is 10.3. The zero-order valence-corrected chi connectivity index (χ0v) is 9.19. The molecule has 1 aromatic carbocycles. The van der Waals surface area contributed by atoms with Crippen LogP contribution in [0.25, 0.3) is 0 Å². The van der Waals surface area contributed by atoms with E-state index < -0.39 is 0 Å². The van der Waals surface area contributed by atoms with Crippen molar-refractivity contribution >= 4 is 11.6 Å². The summed E-state index contributed by atoms with van der Waals surface area (Å²) in [4.78, 5) is 4.14. The largest absolute Gasteiger partial charge is 0.454 e. The molecule has 0 saturated heterocycles. The number of fused-ring (bicyclic) bond motifs is 1. The second-order valence-corrected chi connectivity index (χ2v) is 3.46. The van der Waals surface area contributed by atoms with Gasteiger partial charge >= 0.3 is 0 Å². The van der Waals surface area contributed by atoms with Gasteiger partial charge in [0.05, 0.1) is 0 Å². The number of hydrogen-bond acceptors (Lipinski definition) is 3. The quantitative estimate of drug-likeness (QED) is 0.600. The summed E-state index contributed by atoms with van der Waals surface area (Å²) in [6.45, 7) is 3.05. The lowest BCUT2D eigenvalue weighted by Gasteiger charge is -2.06. The number of nitrogens with zero attached hydrogens (tertiary/aromatic N) is 1. The molecule has 5 heteroatoms. The van der Waals surface area contributed by atoms with Crippen molar-refractivity contribution in [1.82, 2.24) is 0 Å². The smallest absolute Gasteiger partial charge is 0.231 e. The van der Waals surface area contributed by atoms with Gasteiger partial charge in [-0.15, -0.1) is 0 Å². The first kappa shape index (κ1) is 10.6. The Balaban J connectivity index is 2.05. The molecule has 2 rings (SSSR count). The van der Waals surface area contributed by atoms with Gasteiger partial charge in [0.15, 0.2) is 17.5 Å². The molecule has 1 heterocycles. The predicted octanol–water partition coefficient (Wildman–Crippen LogP) is 1.55. The van der Waals surface area contributed by atoms with Crippen molar-refractivity contribution in [1.29, 1.82) is 0 Å². The fourth-order valence-electron chi connectivity index (χ4n) is 1.39. The summed E-state index contributed by atoms with van der Waals surface area (Å²) < 4.78 is 10.5. The molecule has 5 nitrogen and oxygen atoms in total. The Labute approximate surface area is 94.3 Å². The van der Waals surface area contributed by atoms with E-state index in [9.17, 15) is 0 Å². The van der Waals surface area contributed by atoms with Gasteiger partial charge in [0.2, 0.25) is 6.79 Å². The SMILES string of the molecule is CCCN=C(N)Nc1ccc2c(c1)OCO2. The highest BCUT2D eigenvalue weighted by atomic mass is 16.7. The van der Waals surface area contributed by atoms with Crippen molar-refractivity contribution in [3.8, 4) is 11.5 Å². The second kappa shape index (κ2) is 4.74. The van der Waals surface area contributed by atoms with Gasteiger partial charge in [0.25, 0.3) is 0 Å². The molecule has 16 heavy (non-hydrogen) atoms. The molecule has 0 spiro atoms. The Morgan fingerprint density at radius 2 is 2.25 bits per heavy atom. The van der Waals surface area contributed by atoms with Crippen LogP contribution in [0.3, 0.4) is 0 Å². The summed E-state index contributed by atoms with van der Waals surface area (Å²) in [6.07, 6.45) is 0.976. The van der Waals surface area contributed by atoms with Crippen LogP contribution >= 0.6 is 0 Å². The fraction of sp³-hybridized carbons (Fsp3) is 0.364. The predicted molar refractivity (Wildman–Crippen MR) is 63.0 cm³/mol. The van der Waals surface area contributed by atoms with E-state index in [0.29, 0.717) is 5.96 Å². The van der Waals surface area contributed by atoms with Gasteiger partial charge in [0.1, 0.15) is 0 Å². The molecule has 3 N–H and O–H groups in total. The summed E-state index contributed by atoms with van der Waals surface area (Å²) in [7, 11) is 0. The van der Waals surface area contributed by atoms with Crippen LogP contribution in [0.5, 0.6) is 11.5 Å². The molecule has 0 unspecified atom stereocenters. The summed E-state index contributed by atoms with van der Waals surface area (Å²) in [5.74, 6) is 1.91. The maximum absolute atomic E-state index is 5.70. The lowest BCUT2D eigenvalue weighted by Crippen LogP contribution is -2.22. The molecular weight excluding hydrogens is 206 g/mol. The van der Waals surface area contributed by atoms with Crippen LogP contribution < -0.4 is 20.5 Å². The van der Waals surface area contributed by atoms with Gasteiger partial charge in [-0.05, 0) is 18.6 Å². The van der Waals surface area contributed by atoms with E-state index in [1.165, 1.54) is 0 Å². The molecule has 0 bridgehead atoms. The van der Waals surface area contributed by atoms with E-state index in [2.05, 4.69) is 17.2 Å². The highest BCUT2D eigenvalue weighted by Crippen LogP contribution is 2.34. The number of guanidine groups is 1. The first-order valence-electron chi connectivity index (χ1n) is 5.26. The van der Waals surface area contributed by atoms with Gasteiger partial charge in [-0.2, -0.15) is 0 Å². The number of hydrogen-bond donors (Lipinski definition) is 2. The normalized spacial score (nSPS) is 13.9. The average molecular weight is 221 g/mol. The number of rotatable bonds is 3. The van der Waals surface area contributed by atoms with E-state index in [-0.39, 0.29) is 6.79 Å². The van der Waals surface area contributed by atoms with Crippen LogP contribution in [0.2, 0.25) is 0 Å². The molecular formula is C11H15N3O2. The monoisotopic (exact) mass is 221 g/mol. The molecule has 0 fully saturated rings. The Morgan fingerprint density at radius 1 is 1.44 bits per heavy atom. The van der Waals surface area contributed by atoms with Crippen molar-refractivity contribution in [3.63, 3.8) is 0 Å². The molecule has 0 amide bonds. The molecule has 0 radical (unpaired) electrons. The Bertz CT molecular complexity index is 404. The molecule has 0 saturated carbocycles. The highest BCUT2D eigenvalue weighted by Gasteiger charge is 2.13. The Hall–Kier alpha value is -1.91. The first-order chi connectivity index (χ1) is 7.79. The van der Waals surface area contributed by atoms with Crippen molar-refractivity contribution in [2.75, 3.05) is 18.7 Å². The standard InChI is InChI=1S/C11H15N3O2/c1-2-5-13-11(12)14-8-3-4-9-10(6-8)16-7-15-9/h3-4,6H,2,5,7H2,1H3,(H3,12,13,14). The summed E-state index contributed by atoms with van der Waals surface area (Å²) in [5.41, 5.74) is 6.55. The molecule has 1 aliphatic heterocycles. The minimum atomic E-state index is 0.276. The lowest BCUT2D eigenvalue weighted by molar-refractivity contribution is 0.174. The van der Waals surface area contributed by atoms with Crippen molar-refractivity contribution in [3.05, 3.63) is 18.2 Å². The summed E-state index contributed by atoms with van der Waals surface area (Å²) >= 11 is 0. The third-order valence-corrected chi connectivity index (χ3v) is 2.15. The van der Waals surface area contributed by atoms with E-state index in [0.717, 1.165) is 30.2 Å². The Morgan fingerprint density at radius 3 is 3.06 bits per heavy atom. The number of nitrogens with one attached hydrogen (secondary N) is 1. The van der Waals surface area contributed by atoms with Crippen LogP contribution in [0.15, 0.2) is 23.2 Å². The van der Waals surface area contributed by atoms with E-state index >= 15 is 0 Å². The van der Waals surface area contributed by atoms with Crippen LogP contribution in [-0.2, 0) is 0 Å². The zero-order chi connectivity index (χ0) is 11.4. The number of aliphatic imine (C=N–C) groups is 1. The van der Waals surface area contributed by atoms with E-state index in [1.54, 1.807) is 0 Å². The van der Waals surface area contributed by atoms with Crippen LogP contribution in [-0.4, -0.2) is 19.3 Å². The minimum absolute atomic E-state index is 0.276. The van der Waals surface area contributed by atoms with Gasteiger partial charge in [-0.1, -0.05) is 6.92 Å². The fourth-order valence-corrected chi connectivity index (χ4v) is 1.39. The van der Waals surface area contributed by atoms with Crippen LogP contribution in [0.4, 0.5) is 5.69 Å². The van der Waals surface area contributed by atoms with Crippen LogP contribution in [0, 0.1) is 0 Å². The minimum Gasteiger partial charge on any atom is -0.454 e. The third-order valence-electron chi connectivity index (χ3n) is 2.15. The van der Waals surface area contributed by atoms with Gasteiger partial charge in [-0.25, -0.2) is 0 Å². The van der Waals surface area contributed by atoms with E-state index in [4.69, 9.17) is 15.2 Å². The van der Waals surface area contributed by atoms with Crippen LogP contribution in [0.1, 0.15) is 13.3 Å². The Kier molecular flexibility index (Phi) is 3.14. The topological polar surface area (TPSA) is 68.9 Å². The highest BCUT2D eigenvalue weighted by molar-refractivity contribution is 5.92. The maximum Gasteiger partial charge on any atom is 0.231 e.